The highest BCUT2D eigenvalue weighted by molar-refractivity contribution is 8.13. The van der Waals surface area contributed by atoms with E-state index in [1.807, 2.05) is 18.2 Å². The maximum Gasteiger partial charge on any atom is 0.307 e. The van der Waals surface area contributed by atoms with Crippen LogP contribution in [0.4, 0.5) is 4.79 Å². The van der Waals surface area contributed by atoms with E-state index >= 15 is 0 Å². The molecule has 1 aromatic heterocycles. The van der Waals surface area contributed by atoms with Gasteiger partial charge < -0.3 is 19.2 Å². The highest BCUT2D eigenvalue weighted by Gasteiger charge is 2.14. The van der Waals surface area contributed by atoms with Crippen molar-refractivity contribution in [1.29, 1.82) is 0 Å². The van der Waals surface area contributed by atoms with Crippen LogP contribution in [-0.2, 0) is 11.3 Å². The van der Waals surface area contributed by atoms with E-state index in [0.717, 1.165) is 22.7 Å². The Kier molecular flexibility index (Phi) is 7.12. The molecule has 2 amide bonds. The fourth-order valence-corrected chi connectivity index (χ4v) is 3.19. The number of hydroxylamine groups is 1. The smallest absolute Gasteiger partial charge is 0.307 e. The van der Waals surface area contributed by atoms with Gasteiger partial charge in [-0.3, -0.25) is 14.8 Å². The monoisotopic (exact) mass is 416 g/mol. The topological polar surface area (TPSA) is 110 Å². The molecule has 0 saturated carbocycles. The molecule has 0 aliphatic carbocycles. The third kappa shape index (κ3) is 5.50. The molecule has 29 heavy (non-hydrogen) atoms. The second kappa shape index (κ2) is 9.97. The molecule has 3 N–H and O–H groups in total. The molecule has 3 rings (SSSR count). The van der Waals surface area contributed by atoms with Crippen LogP contribution < -0.4 is 15.5 Å². The second-order valence-corrected chi connectivity index (χ2v) is 7.00. The Morgan fingerprint density at radius 1 is 1.17 bits per heavy atom. The first kappa shape index (κ1) is 20.7. The molecular weight excluding hydrogens is 396 g/mol. The fraction of sp³-hybridized carbons (Fsp3) is 0.200. The first-order chi connectivity index (χ1) is 14.1. The molecule has 0 saturated heterocycles. The van der Waals surface area contributed by atoms with Gasteiger partial charge in [0, 0.05) is 23.0 Å². The summed E-state index contributed by atoms with van der Waals surface area (Å²) in [6.45, 7) is 0.969. The fourth-order valence-electron chi connectivity index (χ4n) is 2.66. The summed E-state index contributed by atoms with van der Waals surface area (Å²) in [7, 11) is 1.60. The number of benzene rings is 2. The zero-order valence-electron chi connectivity index (χ0n) is 15.6. The van der Waals surface area contributed by atoms with E-state index in [1.54, 1.807) is 42.9 Å². The Morgan fingerprint density at radius 3 is 2.69 bits per heavy atom. The number of rotatable bonds is 8. The third-order valence-electron chi connectivity index (χ3n) is 3.93. The number of carbonyl (C=O) groups is 2. The SMILES string of the molecule is COCc1cccc2cc(C(=O)NCCOc3ccc(SC(=O)NO)cc3)oc12. The maximum atomic E-state index is 12.3. The van der Waals surface area contributed by atoms with Gasteiger partial charge >= 0.3 is 5.24 Å². The predicted octanol–water partition coefficient (Wildman–Crippen LogP) is 3.58. The van der Waals surface area contributed by atoms with Gasteiger partial charge in [-0.15, -0.1) is 0 Å². The summed E-state index contributed by atoms with van der Waals surface area (Å²) in [6, 6.07) is 14.1. The molecule has 0 aliphatic rings. The van der Waals surface area contributed by atoms with Gasteiger partial charge in [0.05, 0.1) is 13.2 Å². The average Bonchev–Trinajstić information content (AvgIpc) is 3.18. The minimum absolute atomic E-state index is 0.229. The molecule has 2 aromatic carbocycles. The second-order valence-electron chi connectivity index (χ2n) is 5.96. The van der Waals surface area contributed by atoms with Crippen LogP contribution in [0.1, 0.15) is 16.1 Å². The summed E-state index contributed by atoms with van der Waals surface area (Å²) in [6.07, 6.45) is 0. The van der Waals surface area contributed by atoms with E-state index in [1.165, 1.54) is 0 Å². The first-order valence-corrected chi connectivity index (χ1v) is 9.55. The van der Waals surface area contributed by atoms with E-state index in [-0.39, 0.29) is 18.3 Å². The lowest BCUT2D eigenvalue weighted by Gasteiger charge is -2.07. The van der Waals surface area contributed by atoms with Gasteiger partial charge in [-0.25, -0.2) is 5.48 Å². The van der Waals surface area contributed by atoms with Gasteiger partial charge in [0.2, 0.25) is 0 Å². The molecule has 0 atom stereocenters. The quantitative estimate of drug-likeness (QED) is 0.223. The van der Waals surface area contributed by atoms with Gasteiger partial charge in [0.15, 0.2) is 5.76 Å². The van der Waals surface area contributed by atoms with Crippen molar-refractivity contribution in [2.24, 2.45) is 0 Å². The Labute approximate surface area is 171 Å². The van der Waals surface area contributed by atoms with Crippen LogP contribution in [0.2, 0.25) is 0 Å². The number of para-hydroxylation sites is 1. The molecule has 0 spiro atoms. The van der Waals surface area contributed by atoms with Crippen molar-refractivity contribution in [3.8, 4) is 5.75 Å². The van der Waals surface area contributed by atoms with Gasteiger partial charge in [-0.05, 0) is 42.1 Å². The molecule has 8 nitrogen and oxygen atoms in total. The number of hydrogen-bond acceptors (Lipinski definition) is 7. The summed E-state index contributed by atoms with van der Waals surface area (Å²) in [4.78, 5) is 24.1. The molecule has 3 aromatic rings. The Morgan fingerprint density at radius 2 is 1.97 bits per heavy atom. The lowest BCUT2D eigenvalue weighted by molar-refractivity contribution is 0.0921. The number of ether oxygens (including phenoxy) is 2. The van der Waals surface area contributed by atoms with Crippen LogP contribution in [0.15, 0.2) is 57.8 Å². The molecule has 1 heterocycles. The zero-order valence-corrected chi connectivity index (χ0v) is 16.5. The molecule has 0 aliphatic heterocycles. The van der Waals surface area contributed by atoms with E-state index < -0.39 is 5.24 Å². The van der Waals surface area contributed by atoms with Gasteiger partial charge in [-0.1, -0.05) is 18.2 Å². The molecule has 9 heteroatoms. The molecular formula is C20H20N2O6S. The number of nitrogens with one attached hydrogen (secondary N) is 2. The summed E-state index contributed by atoms with van der Waals surface area (Å²) < 4.78 is 16.4. The lowest BCUT2D eigenvalue weighted by atomic mass is 10.1. The summed E-state index contributed by atoms with van der Waals surface area (Å²) in [5.74, 6) is 0.503. The molecule has 0 radical (unpaired) electrons. The van der Waals surface area contributed by atoms with Crippen molar-refractivity contribution < 1.29 is 28.7 Å². The third-order valence-corrected chi connectivity index (χ3v) is 4.72. The normalized spacial score (nSPS) is 10.7. The molecule has 0 fully saturated rings. The van der Waals surface area contributed by atoms with Crippen molar-refractivity contribution in [1.82, 2.24) is 10.8 Å². The molecule has 152 valence electrons. The average molecular weight is 416 g/mol. The lowest BCUT2D eigenvalue weighted by Crippen LogP contribution is -2.27. The summed E-state index contributed by atoms with van der Waals surface area (Å²) in [5, 5.41) is 11.5. The van der Waals surface area contributed by atoms with E-state index in [0.29, 0.717) is 29.4 Å². The van der Waals surface area contributed by atoms with Gasteiger partial charge in [0.25, 0.3) is 5.91 Å². The van der Waals surface area contributed by atoms with Gasteiger partial charge in [-0.2, -0.15) is 0 Å². The van der Waals surface area contributed by atoms with Crippen molar-refractivity contribution in [2.45, 2.75) is 11.5 Å². The van der Waals surface area contributed by atoms with Crippen molar-refractivity contribution in [2.75, 3.05) is 20.3 Å². The van der Waals surface area contributed by atoms with Crippen LogP contribution in [0.3, 0.4) is 0 Å². The van der Waals surface area contributed by atoms with Crippen LogP contribution in [0, 0.1) is 0 Å². The Balaban J connectivity index is 1.49. The van der Waals surface area contributed by atoms with Crippen LogP contribution in [0.5, 0.6) is 5.75 Å². The Bertz CT molecular complexity index is 986. The van der Waals surface area contributed by atoms with E-state index in [2.05, 4.69) is 5.32 Å². The number of hydrogen-bond donors (Lipinski definition) is 3. The first-order valence-electron chi connectivity index (χ1n) is 8.74. The highest BCUT2D eigenvalue weighted by Crippen LogP contribution is 2.24. The largest absolute Gasteiger partial charge is 0.492 e. The minimum Gasteiger partial charge on any atom is -0.492 e. The van der Waals surface area contributed by atoms with Crippen LogP contribution in [-0.4, -0.2) is 36.6 Å². The minimum atomic E-state index is -0.568. The van der Waals surface area contributed by atoms with Crippen molar-refractivity contribution >= 4 is 33.9 Å². The predicted molar refractivity (Wildman–Crippen MR) is 107 cm³/mol. The van der Waals surface area contributed by atoms with E-state index in [9.17, 15) is 9.59 Å². The summed E-state index contributed by atoms with van der Waals surface area (Å²) in [5.41, 5.74) is 3.07. The maximum absolute atomic E-state index is 12.3. The number of carbonyl (C=O) groups excluding carboxylic acids is 2. The molecule has 0 unspecified atom stereocenters. The number of thioether (sulfide) groups is 1. The standard InChI is InChI=1S/C20H20N2O6S/c1-26-12-14-4-2-3-13-11-17(28-18(13)14)19(23)21-9-10-27-15-5-7-16(8-6-15)29-20(24)22-25/h2-8,11,25H,9-10,12H2,1H3,(H,21,23)(H,22,24). The number of furan rings is 1. The van der Waals surface area contributed by atoms with Crippen molar-refractivity contribution in [3.05, 3.63) is 59.9 Å². The highest BCUT2D eigenvalue weighted by atomic mass is 32.2. The summed E-state index contributed by atoms with van der Waals surface area (Å²) >= 11 is 0.857. The van der Waals surface area contributed by atoms with E-state index in [4.69, 9.17) is 19.1 Å². The molecule has 0 bridgehead atoms. The number of methoxy groups -OCH3 is 1. The van der Waals surface area contributed by atoms with Crippen molar-refractivity contribution in [3.63, 3.8) is 0 Å². The van der Waals surface area contributed by atoms with Crippen LogP contribution >= 0.6 is 11.8 Å². The number of fused-ring (bicyclic) bond motifs is 1. The number of amides is 2. The van der Waals surface area contributed by atoms with Gasteiger partial charge in [0.1, 0.15) is 17.9 Å². The Hall–Kier alpha value is -3.01. The van der Waals surface area contributed by atoms with Crippen LogP contribution in [0.25, 0.3) is 11.0 Å². The zero-order chi connectivity index (χ0) is 20.6.